The van der Waals surface area contributed by atoms with Crippen molar-refractivity contribution in [3.05, 3.63) is 30.1 Å². The number of nitrogens with one attached hydrogen (secondary N) is 1. The molecule has 25 heavy (non-hydrogen) atoms. The first-order valence-corrected chi connectivity index (χ1v) is 10.3. The maximum atomic E-state index is 11.8. The van der Waals surface area contributed by atoms with Crippen LogP contribution in [0.4, 0.5) is 5.82 Å². The van der Waals surface area contributed by atoms with Gasteiger partial charge in [-0.3, -0.25) is 0 Å². The lowest BCUT2D eigenvalue weighted by molar-refractivity contribution is 0.0315. The van der Waals surface area contributed by atoms with Crippen LogP contribution in [-0.2, 0) is 14.6 Å². The van der Waals surface area contributed by atoms with Gasteiger partial charge in [0.2, 0.25) is 0 Å². The van der Waals surface area contributed by atoms with E-state index in [1.54, 1.807) is 4.68 Å². The van der Waals surface area contributed by atoms with E-state index in [-0.39, 0.29) is 11.2 Å². The molecule has 0 unspecified atom stereocenters. The highest BCUT2D eigenvalue weighted by Gasteiger charge is 2.35. The molecule has 3 heterocycles. The van der Waals surface area contributed by atoms with Crippen LogP contribution in [0, 0.1) is 12.3 Å². The maximum absolute atomic E-state index is 11.8. The SMILES string of the molecule is Cc1ccn(-c2ccc(NCC3(CS(C)(=O)=O)CCOCC3)nn2)n1. The highest BCUT2D eigenvalue weighted by molar-refractivity contribution is 7.90. The molecule has 3 rings (SSSR count). The fourth-order valence-electron chi connectivity index (χ4n) is 3.10. The minimum atomic E-state index is -3.07. The molecule has 0 bridgehead atoms. The second-order valence-electron chi connectivity index (χ2n) is 6.71. The van der Waals surface area contributed by atoms with Crippen molar-refractivity contribution in [1.82, 2.24) is 20.0 Å². The summed E-state index contributed by atoms with van der Waals surface area (Å²) in [6, 6.07) is 5.55. The molecule has 136 valence electrons. The number of aromatic nitrogens is 4. The molecule has 2 aromatic rings. The molecule has 0 saturated carbocycles. The molecule has 9 heteroatoms. The van der Waals surface area contributed by atoms with Crippen molar-refractivity contribution in [2.45, 2.75) is 19.8 Å². The Kier molecular flexibility index (Phi) is 5.05. The molecular formula is C16H23N5O3S. The van der Waals surface area contributed by atoms with Crippen LogP contribution >= 0.6 is 0 Å². The van der Waals surface area contributed by atoms with Crippen molar-refractivity contribution in [1.29, 1.82) is 0 Å². The minimum Gasteiger partial charge on any atom is -0.381 e. The van der Waals surface area contributed by atoms with Crippen molar-refractivity contribution >= 4 is 15.7 Å². The van der Waals surface area contributed by atoms with Gasteiger partial charge in [0, 0.05) is 37.6 Å². The number of nitrogens with zero attached hydrogens (tertiary/aromatic N) is 4. The lowest BCUT2D eigenvalue weighted by atomic mass is 9.82. The van der Waals surface area contributed by atoms with Gasteiger partial charge in [-0.2, -0.15) is 5.10 Å². The van der Waals surface area contributed by atoms with Crippen LogP contribution in [-0.4, -0.2) is 60.2 Å². The van der Waals surface area contributed by atoms with E-state index >= 15 is 0 Å². The Morgan fingerprint density at radius 3 is 2.56 bits per heavy atom. The fraction of sp³-hybridized carbons (Fsp3) is 0.562. The van der Waals surface area contributed by atoms with Gasteiger partial charge in [0.15, 0.2) is 5.82 Å². The van der Waals surface area contributed by atoms with E-state index in [2.05, 4.69) is 20.6 Å². The topological polar surface area (TPSA) is 99.0 Å². The van der Waals surface area contributed by atoms with Gasteiger partial charge in [-0.25, -0.2) is 13.1 Å². The Balaban J connectivity index is 1.68. The summed E-state index contributed by atoms with van der Waals surface area (Å²) in [6.07, 6.45) is 4.54. The Hall–Kier alpha value is -2.00. The molecular weight excluding hydrogens is 342 g/mol. The van der Waals surface area contributed by atoms with Gasteiger partial charge in [0.25, 0.3) is 0 Å². The van der Waals surface area contributed by atoms with Crippen molar-refractivity contribution in [2.24, 2.45) is 5.41 Å². The number of sulfone groups is 1. The van der Waals surface area contributed by atoms with Gasteiger partial charge in [-0.05, 0) is 38.0 Å². The molecule has 0 spiro atoms. The van der Waals surface area contributed by atoms with Gasteiger partial charge in [-0.1, -0.05) is 0 Å². The van der Waals surface area contributed by atoms with E-state index < -0.39 is 9.84 Å². The largest absolute Gasteiger partial charge is 0.381 e. The van der Waals surface area contributed by atoms with Gasteiger partial charge in [-0.15, -0.1) is 10.2 Å². The number of rotatable bonds is 6. The maximum Gasteiger partial charge on any atom is 0.175 e. The molecule has 1 N–H and O–H groups in total. The first-order chi connectivity index (χ1) is 11.9. The summed E-state index contributed by atoms with van der Waals surface area (Å²) in [5.74, 6) is 1.40. The molecule has 1 aliphatic rings. The van der Waals surface area contributed by atoms with E-state index in [4.69, 9.17) is 4.74 Å². The van der Waals surface area contributed by atoms with E-state index in [1.807, 2.05) is 31.3 Å². The lowest BCUT2D eigenvalue weighted by Gasteiger charge is -2.36. The second kappa shape index (κ2) is 7.09. The van der Waals surface area contributed by atoms with Crippen molar-refractivity contribution in [3.63, 3.8) is 0 Å². The Morgan fingerprint density at radius 1 is 1.24 bits per heavy atom. The van der Waals surface area contributed by atoms with Crippen molar-refractivity contribution < 1.29 is 13.2 Å². The fourth-order valence-corrected chi connectivity index (χ4v) is 4.60. The van der Waals surface area contributed by atoms with Crippen LogP contribution in [0.1, 0.15) is 18.5 Å². The Labute approximate surface area is 147 Å². The first kappa shape index (κ1) is 17.8. The van der Waals surface area contributed by atoms with Gasteiger partial charge < -0.3 is 10.1 Å². The molecule has 1 aliphatic heterocycles. The van der Waals surface area contributed by atoms with Crippen LogP contribution < -0.4 is 5.32 Å². The van der Waals surface area contributed by atoms with Gasteiger partial charge in [0.1, 0.15) is 15.7 Å². The van der Waals surface area contributed by atoms with E-state index in [0.717, 1.165) is 5.69 Å². The van der Waals surface area contributed by atoms with Crippen LogP contribution in [0.5, 0.6) is 0 Å². The van der Waals surface area contributed by atoms with Crippen LogP contribution in [0.15, 0.2) is 24.4 Å². The smallest absolute Gasteiger partial charge is 0.175 e. The van der Waals surface area contributed by atoms with Gasteiger partial charge in [0.05, 0.1) is 11.4 Å². The second-order valence-corrected chi connectivity index (χ2v) is 8.85. The average molecular weight is 365 g/mol. The minimum absolute atomic E-state index is 0.147. The van der Waals surface area contributed by atoms with Gasteiger partial charge >= 0.3 is 0 Å². The third-order valence-electron chi connectivity index (χ3n) is 4.37. The highest BCUT2D eigenvalue weighted by atomic mass is 32.2. The molecule has 2 aromatic heterocycles. The number of aryl methyl sites for hydroxylation is 1. The normalized spacial score (nSPS) is 17.4. The summed E-state index contributed by atoms with van der Waals surface area (Å²) >= 11 is 0. The van der Waals surface area contributed by atoms with E-state index in [0.29, 0.717) is 44.2 Å². The van der Waals surface area contributed by atoms with Crippen LogP contribution in [0.25, 0.3) is 5.82 Å². The van der Waals surface area contributed by atoms with Crippen LogP contribution in [0.3, 0.4) is 0 Å². The third kappa shape index (κ3) is 4.76. The summed E-state index contributed by atoms with van der Waals surface area (Å²) in [5, 5.41) is 15.9. The Bertz CT molecular complexity index is 811. The number of hydrogen-bond donors (Lipinski definition) is 1. The van der Waals surface area contributed by atoms with E-state index in [9.17, 15) is 8.42 Å². The quantitative estimate of drug-likeness (QED) is 0.822. The molecule has 1 saturated heterocycles. The third-order valence-corrected chi connectivity index (χ3v) is 5.51. The zero-order chi connectivity index (χ0) is 17.9. The molecule has 0 amide bonds. The molecule has 1 fully saturated rings. The predicted molar refractivity (Wildman–Crippen MR) is 94.6 cm³/mol. The average Bonchev–Trinajstić information content (AvgIpc) is 2.99. The standard InChI is InChI=1S/C16H23N5O3S/c1-13-5-8-21(20-13)15-4-3-14(18-19-15)17-11-16(12-25(2,22)23)6-9-24-10-7-16/h3-5,8H,6-7,9-12H2,1-2H3,(H,17,18). The molecule has 8 nitrogen and oxygen atoms in total. The molecule has 0 aliphatic carbocycles. The zero-order valence-electron chi connectivity index (χ0n) is 14.5. The number of ether oxygens (including phenoxy) is 1. The number of hydrogen-bond acceptors (Lipinski definition) is 7. The summed E-state index contributed by atoms with van der Waals surface area (Å²) in [6.45, 7) is 3.61. The Morgan fingerprint density at radius 2 is 2.00 bits per heavy atom. The number of anilines is 1. The first-order valence-electron chi connectivity index (χ1n) is 8.21. The van der Waals surface area contributed by atoms with Crippen LogP contribution in [0.2, 0.25) is 0 Å². The predicted octanol–water partition coefficient (Wildman–Crippen LogP) is 1.22. The molecule has 0 atom stereocenters. The summed E-state index contributed by atoms with van der Waals surface area (Å²) in [4.78, 5) is 0. The monoisotopic (exact) mass is 365 g/mol. The molecule has 0 radical (unpaired) electrons. The lowest BCUT2D eigenvalue weighted by Crippen LogP contribution is -2.41. The summed E-state index contributed by atoms with van der Waals surface area (Å²) in [7, 11) is -3.07. The highest BCUT2D eigenvalue weighted by Crippen LogP contribution is 2.32. The zero-order valence-corrected chi connectivity index (χ0v) is 15.3. The summed E-state index contributed by atoms with van der Waals surface area (Å²) in [5.41, 5.74) is 0.580. The van der Waals surface area contributed by atoms with Crippen molar-refractivity contribution in [2.75, 3.05) is 37.1 Å². The molecule has 0 aromatic carbocycles. The summed E-state index contributed by atoms with van der Waals surface area (Å²) < 4.78 is 30.7. The van der Waals surface area contributed by atoms with E-state index in [1.165, 1.54) is 6.26 Å². The van der Waals surface area contributed by atoms with Crippen molar-refractivity contribution in [3.8, 4) is 5.82 Å².